The summed E-state index contributed by atoms with van der Waals surface area (Å²) in [4.78, 5) is 52.1. The zero-order valence-electron chi connectivity index (χ0n) is 22.1. The number of ether oxygens (including phenoxy) is 2. The summed E-state index contributed by atoms with van der Waals surface area (Å²) in [5, 5.41) is 5.52. The van der Waals surface area contributed by atoms with E-state index in [9.17, 15) is 19.2 Å². The summed E-state index contributed by atoms with van der Waals surface area (Å²) in [6.07, 6.45) is 2.02. The van der Waals surface area contributed by atoms with Crippen molar-refractivity contribution in [1.82, 2.24) is 20.4 Å². The van der Waals surface area contributed by atoms with E-state index in [4.69, 9.17) is 9.47 Å². The average molecular weight is 485 g/mol. The standard InChI is InChI=1S/C24H44N4O6/c1-9-25-23(31)27(11-3)19(17(5)6)15-33-21(29)13-14-22(30)34-16-20(18(7)8)28(12-4)24(32)26-10-2/h13-14,17-20H,9-12,15-16H2,1-8H3,(H,25,31)(H,26,32)/b14-13+/t19-,20-/m1/s1. The van der Waals surface area contributed by atoms with Crippen LogP contribution in [0.25, 0.3) is 0 Å². The first kappa shape index (κ1) is 31.2. The largest absolute Gasteiger partial charge is 0.460 e. The Morgan fingerprint density at radius 3 is 1.24 bits per heavy atom. The molecular weight excluding hydrogens is 440 g/mol. The Morgan fingerprint density at radius 2 is 1.00 bits per heavy atom. The lowest BCUT2D eigenvalue weighted by atomic mass is 10.0. The highest BCUT2D eigenvalue weighted by atomic mass is 16.5. The van der Waals surface area contributed by atoms with E-state index in [1.54, 1.807) is 9.80 Å². The smallest absolute Gasteiger partial charge is 0.331 e. The van der Waals surface area contributed by atoms with E-state index < -0.39 is 11.9 Å². The van der Waals surface area contributed by atoms with Crippen LogP contribution >= 0.6 is 0 Å². The van der Waals surface area contributed by atoms with E-state index in [1.807, 2.05) is 55.4 Å². The Bertz CT molecular complexity index is 624. The van der Waals surface area contributed by atoms with E-state index in [2.05, 4.69) is 10.6 Å². The van der Waals surface area contributed by atoms with Crippen LogP contribution in [0.1, 0.15) is 55.4 Å². The number of hydrogen-bond acceptors (Lipinski definition) is 6. The zero-order valence-corrected chi connectivity index (χ0v) is 22.1. The number of nitrogens with one attached hydrogen (secondary N) is 2. The van der Waals surface area contributed by atoms with Gasteiger partial charge in [0.15, 0.2) is 0 Å². The molecule has 2 atom stereocenters. The van der Waals surface area contributed by atoms with Gasteiger partial charge in [0.05, 0.1) is 12.1 Å². The van der Waals surface area contributed by atoms with Gasteiger partial charge in [0.1, 0.15) is 13.2 Å². The van der Waals surface area contributed by atoms with Gasteiger partial charge in [-0.25, -0.2) is 19.2 Å². The molecule has 0 fully saturated rings. The predicted octanol–water partition coefficient (Wildman–Crippen LogP) is 2.78. The molecule has 0 bridgehead atoms. The molecule has 0 saturated carbocycles. The minimum atomic E-state index is -0.701. The molecule has 196 valence electrons. The number of amides is 4. The number of carbonyl (C=O) groups is 4. The predicted molar refractivity (Wildman–Crippen MR) is 131 cm³/mol. The van der Waals surface area contributed by atoms with Crippen LogP contribution in [0.3, 0.4) is 0 Å². The molecular formula is C24H44N4O6. The van der Waals surface area contributed by atoms with Crippen molar-refractivity contribution in [3.63, 3.8) is 0 Å². The fourth-order valence-corrected chi connectivity index (χ4v) is 3.41. The van der Waals surface area contributed by atoms with Crippen molar-refractivity contribution in [3.8, 4) is 0 Å². The molecule has 0 unspecified atom stereocenters. The monoisotopic (exact) mass is 484 g/mol. The molecule has 0 rings (SSSR count). The van der Waals surface area contributed by atoms with Crippen molar-refractivity contribution in [3.05, 3.63) is 12.2 Å². The molecule has 4 amide bonds. The van der Waals surface area contributed by atoms with Gasteiger partial charge in [0.25, 0.3) is 0 Å². The molecule has 0 saturated heterocycles. The van der Waals surface area contributed by atoms with E-state index >= 15 is 0 Å². The fourth-order valence-electron chi connectivity index (χ4n) is 3.41. The third-order valence-corrected chi connectivity index (χ3v) is 5.35. The topological polar surface area (TPSA) is 117 Å². The van der Waals surface area contributed by atoms with Gasteiger partial charge in [-0.3, -0.25) is 0 Å². The lowest BCUT2D eigenvalue weighted by Gasteiger charge is -2.33. The molecule has 0 spiro atoms. The third-order valence-electron chi connectivity index (χ3n) is 5.35. The molecule has 0 aliphatic heterocycles. The molecule has 0 aromatic rings. The van der Waals surface area contributed by atoms with Gasteiger partial charge in [-0.2, -0.15) is 0 Å². The Morgan fingerprint density at radius 1 is 0.676 bits per heavy atom. The van der Waals surface area contributed by atoms with Gasteiger partial charge in [0.2, 0.25) is 0 Å². The van der Waals surface area contributed by atoms with Gasteiger partial charge in [-0.05, 0) is 39.5 Å². The molecule has 0 radical (unpaired) electrons. The molecule has 34 heavy (non-hydrogen) atoms. The first-order valence-corrected chi connectivity index (χ1v) is 12.1. The Labute approximate surface area is 204 Å². The zero-order chi connectivity index (χ0) is 26.3. The van der Waals surface area contributed by atoms with Gasteiger partial charge in [-0.1, -0.05) is 27.7 Å². The number of urea groups is 2. The molecule has 0 heterocycles. The second-order valence-corrected chi connectivity index (χ2v) is 8.46. The third kappa shape index (κ3) is 10.9. The highest BCUT2D eigenvalue weighted by Gasteiger charge is 2.27. The number of hydrogen-bond donors (Lipinski definition) is 2. The van der Waals surface area contributed by atoms with Crippen molar-refractivity contribution >= 4 is 24.0 Å². The normalized spacial score (nSPS) is 12.9. The van der Waals surface area contributed by atoms with Crippen LogP contribution in [0.15, 0.2) is 12.2 Å². The van der Waals surface area contributed by atoms with Crippen molar-refractivity contribution in [2.24, 2.45) is 11.8 Å². The van der Waals surface area contributed by atoms with E-state index in [1.165, 1.54) is 0 Å². The second kappa shape index (κ2) is 16.8. The van der Waals surface area contributed by atoms with Crippen LogP contribution in [0.5, 0.6) is 0 Å². The van der Waals surface area contributed by atoms with Gasteiger partial charge in [-0.15, -0.1) is 0 Å². The molecule has 0 aliphatic rings. The van der Waals surface area contributed by atoms with E-state index in [0.29, 0.717) is 26.2 Å². The quantitative estimate of drug-likeness (QED) is 0.289. The van der Waals surface area contributed by atoms with Crippen LogP contribution in [0.4, 0.5) is 9.59 Å². The van der Waals surface area contributed by atoms with Crippen molar-refractivity contribution in [2.45, 2.75) is 67.5 Å². The van der Waals surface area contributed by atoms with Gasteiger partial charge >= 0.3 is 24.0 Å². The number of rotatable bonds is 14. The maximum absolute atomic E-state index is 12.3. The molecule has 0 aliphatic carbocycles. The summed E-state index contributed by atoms with van der Waals surface area (Å²) < 4.78 is 10.6. The van der Waals surface area contributed by atoms with E-state index in [0.717, 1.165) is 12.2 Å². The maximum Gasteiger partial charge on any atom is 0.331 e. The number of esters is 2. The lowest BCUT2D eigenvalue weighted by molar-refractivity contribution is -0.142. The summed E-state index contributed by atoms with van der Waals surface area (Å²) in [5.41, 5.74) is 0. The molecule has 10 heteroatoms. The number of likely N-dealkylation sites (N-methyl/N-ethyl adjacent to an activating group) is 2. The van der Waals surface area contributed by atoms with Crippen molar-refractivity contribution < 1.29 is 28.7 Å². The van der Waals surface area contributed by atoms with Crippen LogP contribution < -0.4 is 10.6 Å². The van der Waals surface area contributed by atoms with Crippen molar-refractivity contribution in [1.29, 1.82) is 0 Å². The first-order valence-electron chi connectivity index (χ1n) is 12.1. The molecule has 10 nitrogen and oxygen atoms in total. The van der Waals surface area contributed by atoms with E-state index in [-0.39, 0.29) is 49.2 Å². The van der Waals surface area contributed by atoms with Gasteiger partial charge < -0.3 is 29.9 Å². The summed E-state index contributed by atoms with van der Waals surface area (Å²) >= 11 is 0. The SMILES string of the molecule is CCNC(=O)N(CC)[C@H](COC(=O)/C=C/C(=O)OC[C@H](C(C)C)N(CC)C(=O)NCC)C(C)C. The Hall–Kier alpha value is -2.78. The minimum Gasteiger partial charge on any atom is -0.460 e. The molecule has 0 aromatic heterocycles. The second-order valence-electron chi connectivity index (χ2n) is 8.46. The van der Waals surface area contributed by atoms with Crippen LogP contribution in [0.2, 0.25) is 0 Å². The summed E-state index contributed by atoms with van der Waals surface area (Å²) in [6.45, 7) is 17.1. The summed E-state index contributed by atoms with van der Waals surface area (Å²) in [5.74, 6) is -1.28. The average Bonchev–Trinajstić information content (AvgIpc) is 2.77. The number of carbonyl (C=O) groups excluding carboxylic acids is 4. The maximum atomic E-state index is 12.3. The highest BCUT2D eigenvalue weighted by molar-refractivity contribution is 5.91. The number of nitrogens with zero attached hydrogens (tertiary/aromatic N) is 2. The molecule has 0 aromatic carbocycles. The van der Waals surface area contributed by atoms with Crippen molar-refractivity contribution in [2.75, 3.05) is 39.4 Å². The first-order chi connectivity index (χ1) is 16.0. The Kier molecular flexibility index (Phi) is 15.4. The summed E-state index contributed by atoms with van der Waals surface area (Å²) in [6, 6.07) is -1.04. The molecule has 2 N–H and O–H groups in total. The fraction of sp³-hybridized carbons (Fsp3) is 0.750. The highest BCUT2D eigenvalue weighted by Crippen LogP contribution is 2.13. The van der Waals surface area contributed by atoms with Crippen LogP contribution in [-0.2, 0) is 19.1 Å². The van der Waals surface area contributed by atoms with Crippen LogP contribution in [0, 0.1) is 11.8 Å². The van der Waals surface area contributed by atoms with Crippen LogP contribution in [-0.4, -0.2) is 85.3 Å². The lowest BCUT2D eigenvalue weighted by Crippen LogP contribution is -2.50. The Balaban J connectivity index is 4.93. The summed E-state index contributed by atoms with van der Waals surface area (Å²) in [7, 11) is 0. The van der Waals surface area contributed by atoms with Gasteiger partial charge in [0, 0.05) is 38.3 Å². The minimum absolute atomic E-state index is 0.00822.